The standard InChI is InChI=1S/C9H20N2OS/c1-3-5-8(10)9(12)11-6-4-7-13-2/h8H,3-7,10H2,1-2H3,(H,11,12)/t8-/m0/s1. The number of hydrogen-bond donors (Lipinski definition) is 2. The molecular formula is C9H20N2OS. The first-order chi connectivity index (χ1) is 6.22. The van der Waals surface area contributed by atoms with Gasteiger partial charge in [0.2, 0.25) is 5.91 Å². The Labute approximate surface area is 84.8 Å². The topological polar surface area (TPSA) is 55.1 Å². The monoisotopic (exact) mass is 204 g/mol. The van der Waals surface area contributed by atoms with Crippen molar-refractivity contribution in [2.75, 3.05) is 18.6 Å². The van der Waals surface area contributed by atoms with E-state index in [1.807, 2.05) is 6.92 Å². The van der Waals surface area contributed by atoms with E-state index in [0.29, 0.717) is 0 Å². The van der Waals surface area contributed by atoms with Crippen molar-refractivity contribution >= 4 is 17.7 Å². The van der Waals surface area contributed by atoms with E-state index in [1.54, 1.807) is 11.8 Å². The van der Waals surface area contributed by atoms with E-state index in [9.17, 15) is 4.79 Å². The van der Waals surface area contributed by atoms with Crippen molar-refractivity contribution in [2.45, 2.75) is 32.2 Å². The lowest BCUT2D eigenvalue weighted by atomic mass is 10.2. The predicted molar refractivity (Wildman–Crippen MR) is 58.9 cm³/mol. The van der Waals surface area contributed by atoms with Crippen LogP contribution in [0.4, 0.5) is 0 Å². The Morgan fingerprint density at radius 2 is 2.31 bits per heavy atom. The van der Waals surface area contributed by atoms with Gasteiger partial charge in [-0.25, -0.2) is 0 Å². The van der Waals surface area contributed by atoms with Gasteiger partial charge in [0.05, 0.1) is 6.04 Å². The van der Waals surface area contributed by atoms with E-state index in [4.69, 9.17) is 5.73 Å². The number of nitrogens with one attached hydrogen (secondary N) is 1. The third-order valence-corrected chi connectivity index (χ3v) is 2.46. The molecule has 3 nitrogen and oxygen atoms in total. The summed E-state index contributed by atoms with van der Waals surface area (Å²) in [6, 6.07) is -0.320. The van der Waals surface area contributed by atoms with E-state index >= 15 is 0 Å². The van der Waals surface area contributed by atoms with Gasteiger partial charge in [0, 0.05) is 6.54 Å². The number of thioether (sulfide) groups is 1. The highest BCUT2D eigenvalue weighted by molar-refractivity contribution is 7.98. The maximum Gasteiger partial charge on any atom is 0.236 e. The van der Waals surface area contributed by atoms with E-state index in [1.165, 1.54) is 0 Å². The van der Waals surface area contributed by atoms with Gasteiger partial charge in [0.25, 0.3) is 0 Å². The summed E-state index contributed by atoms with van der Waals surface area (Å²) in [6.07, 6.45) is 4.81. The fourth-order valence-electron chi connectivity index (χ4n) is 1.00. The number of nitrogens with two attached hydrogens (primary N) is 1. The van der Waals surface area contributed by atoms with Crippen LogP contribution in [-0.2, 0) is 4.79 Å². The Hall–Kier alpha value is -0.220. The molecule has 13 heavy (non-hydrogen) atoms. The molecule has 0 radical (unpaired) electrons. The zero-order valence-corrected chi connectivity index (χ0v) is 9.32. The summed E-state index contributed by atoms with van der Waals surface area (Å²) in [5.74, 6) is 1.08. The fourth-order valence-corrected chi connectivity index (χ4v) is 1.43. The van der Waals surface area contributed by atoms with Gasteiger partial charge in [-0.15, -0.1) is 0 Å². The van der Waals surface area contributed by atoms with Crippen LogP contribution >= 0.6 is 11.8 Å². The van der Waals surface area contributed by atoms with Crippen LogP contribution in [0.2, 0.25) is 0 Å². The van der Waals surface area contributed by atoms with Gasteiger partial charge in [-0.3, -0.25) is 4.79 Å². The smallest absolute Gasteiger partial charge is 0.236 e. The lowest BCUT2D eigenvalue weighted by molar-refractivity contribution is -0.122. The van der Waals surface area contributed by atoms with E-state index in [-0.39, 0.29) is 11.9 Å². The van der Waals surface area contributed by atoms with E-state index < -0.39 is 0 Å². The molecule has 0 unspecified atom stereocenters. The molecular weight excluding hydrogens is 184 g/mol. The molecule has 3 N–H and O–H groups in total. The molecule has 1 atom stereocenters. The summed E-state index contributed by atoms with van der Waals surface area (Å²) in [5.41, 5.74) is 5.63. The SMILES string of the molecule is CCC[C@H](N)C(=O)NCCCSC. The normalized spacial score (nSPS) is 12.5. The second kappa shape index (κ2) is 8.38. The molecule has 1 amide bonds. The Morgan fingerprint density at radius 3 is 2.85 bits per heavy atom. The van der Waals surface area contributed by atoms with Gasteiger partial charge >= 0.3 is 0 Å². The van der Waals surface area contributed by atoms with Gasteiger partial charge in [0.15, 0.2) is 0 Å². The Kier molecular flexibility index (Phi) is 8.24. The molecule has 0 aromatic rings. The van der Waals surface area contributed by atoms with Gasteiger partial charge in [0.1, 0.15) is 0 Å². The Bertz CT molecular complexity index is 142. The van der Waals surface area contributed by atoms with Crippen LogP contribution in [-0.4, -0.2) is 30.5 Å². The Balaban J connectivity index is 3.38. The highest BCUT2D eigenvalue weighted by Gasteiger charge is 2.10. The number of amides is 1. The summed E-state index contributed by atoms with van der Waals surface area (Å²) >= 11 is 1.79. The van der Waals surface area contributed by atoms with Crippen molar-refractivity contribution in [3.8, 4) is 0 Å². The number of rotatable bonds is 7. The fraction of sp³-hybridized carbons (Fsp3) is 0.889. The minimum atomic E-state index is -0.320. The summed E-state index contributed by atoms with van der Waals surface area (Å²) in [5, 5.41) is 2.82. The molecule has 0 fully saturated rings. The maximum atomic E-state index is 11.3. The lowest BCUT2D eigenvalue weighted by Gasteiger charge is -2.10. The van der Waals surface area contributed by atoms with Crippen molar-refractivity contribution in [2.24, 2.45) is 5.73 Å². The summed E-state index contributed by atoms with van der Waals surface area (Å²) in [7, 11) is 0. The number of carbonyl (C=O) groups excluding carboxylic acids is 1. The predicted octanol–water partition coefficient (Wildman–Crippen LogP) is 0.983. The van der Waals surface area contributed by atoms with Crippen LogP contribution in [0.5, 0.6) is 0 Å². The second-order valence-electron chi connectivity index (χ2n) is 3.03. The lowest BCUT2D eigenvalue weighted by Crippen LogP contribution is -2.40. The molecule has 0 aromatic carbocycles. The van der Waals surface area contributed by atoms with Crippen molar-refractivity contribution < 1.29 is 4.79 Å². The van der Waals surface area contributed by atoms with Crippen molar-refractivity contribution in [3.05, 3.63) is 0 Å². The average Bonchev–Trinajstić information content (AvgIpc) is 2.12. The molecule has 78 valence electrons. The summed E-state index contributed by atoms with van der Waals surface area (Å²) in [4.78, 5) is 11.3. The van der Waals surface area contributed by atoms with E-state index in [0.717, 1.165) is 31.6 Å². The summed E-state index contributed by atoms with van der Waals surface area (Å²) < 4.78 is 0. The molecule has 4 heteroatoms. The van der Waals surface area contributed by atoms with Crippen LogP contribution < -0.4 is 11.1 Å². The first-order valence-corrected chi connectivity index (χ1v) is 6.14. The van der Waals surface area contributed by atoms with Gasteiger partial charge in [-0.05, 0) is 24.9 Å². The average molecular weight is 204 g/mol. The largest absolute Gasteiger partial charge is 0.355 e. The van der Waals surface area contributed by atoms with Crippen LogP contribution in [0, 0.1) is 0 Å². The van der Waals surface area contributed by atoms with Crippen LogP contribution in [0.1, 0.15) is 26.2 Å². The highest BCUT2D eigenvalue weighted by atomic mass is 32.2. The third kappa shape index (κ3) is 6.90. The zero-order valence-electron chi connectivity index (χ0n) is 8.51. The first kappa shape index (κ1) is 12.8. The minimum Gasteiger partial charge on any atom is -0.355 e. The molecule has 0 aliphatic heterocycles. The first-order valence-electron chi connectivity index (χ1n) is 4.74. The van der Waals surface area contributed by atoms with E-state index in [2.05, 4.69) is 11.6 Å². The molecule has 0 aliphatic rings. The van der Waals surface area contributed by atoms with Crippen molar-refractivity contribution in [1.29, 1.82) is 0 Å². The molecule has 0 spiro atoms. The molecule has 0 saturated heterocycles. The maximum absolute atomic E-state index is 11.3. The summed E-state index contributed by atoms with van der Waals surface area (Å²) in [6.45, 7) is 2.78. The van der Waals surface area contributed by atoms with Crippen LogP contribution in [0.15, 0.2) is 0 Å². The molecule has 0 rings (SSSR count). The third-order valence-electron chi connectivity index (χ3n) is 1.76. The minimum absolute atomic E-state index is 0.0112. The second-order valence-corrected chi connectivity index (χ2v) is 4.02. The van der Waals surface area contributed by atoms with Gasteiger partial charge < -0.3 is 11.1 Å². The molecule has 0 aliphatic carbocycles. The number of carbonyl (C=O) groups is 1. The quantitative estimate of drug-likeness (QED) is 0.608. The number of hydrogen-bond acceptors (Lipinski definition) is 3. The molecule has 0 bridgehead atoms. The molecule has 0 aromatic heterocycles. The molecule has 0 saturated carbocycles. The van der Waals surface area contributed by atoms with Gasteiger partial charge in [-0.2, -0.15) is 11.8 Å². The Morgan fingerprint density at radius 1 is 1.62 bits per heavy atom. The van der Waals surface area contributed by atoms with Crippen molar-refractivity contribution in [1.82, 2.24) is 5.32 Å². The van der Waals surface area contributed by atoms with Gasteiger partial charge in [-0.1, -0.05) is 13.3 Å². The van der Waals surface area contributed by atoms with Crippen LogP contribution in [0.25, 0.3) is 0 Å². The van der Waals surface area contributed by atoms with Crippen LogP contribution in [0.3, 0.4) is 0 Å². The van der Waals surface area contributed by atoms with Crippen molar-refractivity contribution in [3.63, 3.8) is 0 Å². The highest BCUT2D eigenvalue weighted by Crippen LogP contribution is 1.95. The zero-order chi connectivity index (χ0) is 10.1. The molecule has 0 heterocycles.